The van der Waals surface area contributed by atoms with Crippen molar-refractivity contribution in [2.75, 3.05) is 7.05 Å². The molecule has 4 heteroatoms. The van der Waals surface area contributed by atoms with Gasteiger partial charge in [-0.25, -0.2) is 0 Å². The molecular weight excluding hydrogens is 274 g/mol. The first-order valence-electron chi connectivity index (χ1n) is 7.26. The normalized spacial score (nSPS) is 31.0. The number of ether oxygens (including phenoxy) is 1. The van der Waals surface area contributed by atoms with Crippen LogP contribution < -0.4 is 0 Å². The lowest BCUT2D eigenvalue weighted by Gasteiger charge is -2.36. The molecule has 2 aliphatic rings. The van der Waals surface area contributed by atoms with Crippen molar-refractivity contribution in [3.05, 3.63) is 35.9 Å². The van der Waals surface area contributed by atoms with Gasteiger partial charge < -0.3 is 9.64 Å². The van der Waals surface area contributed by atoms with Crippen molar-refractivity contribution in [3.63, 3.8) is 0 Å². The Labute approximate surface area is 124 Å². The van der Waals surface area contributed by atoms with E-state index in [9.17, 15) is 4.79 Å². The lowest BCUT2D eigenvalue weighted by Crippen LogP contribution is -2.43. The van der Waals surface area contributed by atoms with E-state index in [2.05, 4.69) is 11.9 Å². The molecule has 0 spiro atoms. The Bertz CT molecular complexity index is 465. The second kappa shape index (κ2) is 5.74. The molecule has 2 unspecified atom stereocenters. The van der Waals surface area contributed by atoms with Gasteiger partial charge in [0.05, 0.1) is 0 Å². The number of halogens is 1. The van der Waals surface area contributed by atoms with Gasteiger partial charge in [-0.2, -0.15) is 0 Å². The summed E-state index contributed by atoms with van der Waals surface area (Å²) in [6.07, 6.45) is 4.35. The number of carbonyl (C=O) groups excluding carboxylic acids is 1. The predicted octanol–water partition coefficient (Wildman–Crippen LogP) is 3.13. The van der Waals surface area contributed by atoms with Crippen LogP contribution in [0.3, 0.4) is 0 Å². The number of hydrogen-bond acceptors (Lipinski definition) is 3. The van der Waals surface area contributed by atoms with E-state index in [1.165, 1.54) is 12.8 Å². The summed E-state index contributed by atoms with van der Waals surface area (Å²) in [6, 6.07) is 10.5. The van der Waals surface area contributed by atoms with Crippen LogP contribution in [0.4, 0.5) is 0 Å². The van der Waals surface area contributed by atoms with Crippen molar-refractivity contribution >= 4 is 17.6 Å². The van der Waals surface area contributed by atoms with Gasteiger partial charge in [-0.3, -0.25) is 4.79 Å². The van der Waals surface area contributed by atoms with Gasteiger partial charge in [-0.05, 0) is 38.3 Å². The maximum Gasteiger partial charge on any atom is 0.328 e. The smallest absolute Gasteiger partial charge is 0.328 e. The molecule has 0 saturated carbocycles. The van der Waals surface area contributed by atoms with E-state index >= 15 is 0 Å². The van der Waals surface area contributed by atoms with Crippen molar-refractivity contribution in [3.8, 4) is 0 Å². The minimum absolute atomic E-state index is 0.0289. The monoisotopic (exact) mass is 293 g/mol. The third-order valence-corrected chi connectivity index (χ3v) is 5.07. The second-order valence-corrected chi connectivity index (χ2v) is 6.29. The van der Waals surface area contributed by atoms with Crippen LogP contribution in [-0.4, -0.2) is 36.1 Å². The Hall–Kier alpha value is -1.06. The number of hydrogen-bond donors (Lipinski definition) is 0. The van der Waals surface area contributed by atoms with Gasteiger partial charge in [-0.1, -0.05) is 30.3 Å². The summed E-state index contributed by atoms with van der Waals surface area (Å²) >= 11 is 6.21. The summed E-state index contributed by atoms with van der Waals surface area (Å²) in [5.74, 6) is -0.313. The van der Waals surface area contributed by atoms with Gasteiger partial charge in [0, 0.05) is 12.1 Å². The van der Waals surface area contributed by atoms with E-state index in [1.54, 1.807) is 0 Å². The van der Waals surface area contributed by atoms with Crippen molar-refractivity contribution in [1.29, 1.82) is 0 Å². The van der Waals surface area contributed by atoms with Crippen LogP contribution in [0.15, 0.2) is 30.3 Å². The average molecular weight is 294 g/mol. The van der Waals surface area contributed by atoms with Crippen LogP contribution in [-0.2, 0) is 9.53 Å². The van der Waals surface area contributed by atoms with Gasteiger partial charge in [0.2, 0.25) is 0 Å². The fraction of sp³-hybridized carbons (Fsp3) is 0.562. The molecule has 2 aliphatic heterocycles. The maximum atomic E-state index is 12.2. The fourth-order valence-corrected chi connectivity index (χ4v) is 3.64. The number of alkyl halides is 1. The Morgan fingerprint density at radius 3 is 2.45 bits per heavy atom. The first kappa shape index (κ1) is 13.9. The number of piperidine rings is 1. The largest absolute Gasteiger partial charge is 0.461 e. The van der Waals surface area contributed by atoms with Gasteiger partial charge in [0.15, 0.2) is 5.38 Å². The summed E-state index contributed by atoms with van der Waals surface area (Å²) in [7, 11) is 2.18. The minimum Gasteiger partial charge on any atom is -0.461 e. The highest BCUT2D eigenvalue weighted by Crippen LogP contribution is 2.36. The Morgan fingerprint density at radius 1 is 1.25 bits per heavy atom. The SMILES string of the molecule is CN1[C@@H]2CC[C@H]1CC(OC(=O)C(Cl)c1ccccc1)C2. The summed E-state index contributed by atoms with van der Waals surface area (Å²) in [6.45, 7) is 0. The van der Waals surface area contributed by atoms with E-state index in [0.717, 1.165) is 18.4 Å². The molecule has 3 rings (SSSR count). The minimum atomic E-state index is -0.700. The molecule has 3 nitrogen and oxygen atoms in total. The van der Waals surface area contributed by atoms with E-state index in [4.69, 9.17) is 16.3 Å². The number of carbonyl (C=O) groups is 1. The molecule has 0 amide bonds. The lowest BCUT2D eigenvalue weighted by atomic mass is 10.0. The third kappa shape index (κ3) is 2.70. The average Bonchev–Trinajstić information content (AvgIpc) is 2.69. The van der Waals surface area contributed by atoms with Crippen LogP contribution in [0.25, 0.3) is 0 Å². The Balaban J connectivity index is 1.60. The summed E-state index contributed by atoms with van der Waals surface area (Å²) in [5, 5.41) is -0.700. The van der Waals surface area contributed by atoms with Crippen molar-refractivity contribution in [2.45, 2.75) is 49.2 Å². The molecule has 4 atom stereocenters. The molecule has 2 saturated heterocycles. The van der Waals surface area contributed by atoms with Crippen molar-refractivity contribution < 1.29 is 9.53 Å². The first-order valence-corrected chi connectivity index (χ1v) is 7.70. The standard InChI is InChI=1S/C16H20ClNO2/c1-18-12-7-8-13(18)10-14(9-12)20-16(19)15(17)11-5-3-2-4-6-11/h2-6,12-15H,7-10H2,1H3/t12-,13+,14?,15?. The van der Waals surface area contributed by atoms with Crippen molar-refractivity contribution in [1.82, 2.24) is 4.90 Å². The van der Waals surface area contributed by atoms with E-state index in [1.807, 2.05) is 30.3 Å². The highest BCUT2D eigenvalue weighted by atomic mass is 35.5. The van der Waals surface area contributed by atoms with Crippen LogP contribution >= 0.6 is 11.6 Å². The number of fused-ring (bicyclic) bond motifs is 2. The second-order valence-electron chi connectivity index (χ2n) is 5.85. The molecule has 2 heterocycles. The third-order valence-electron chi connectivity index (χ3n) is 4.64. The van der Waals surface area contributed by atoms with Crippen LogP contribution in [0.2, 0.25) is 0 Å². The highest BCUT2D eigenvalue weighted by Gasteiger charge is 2.40. The number of rotatable bonds is 3. The summed E-state index contributed by atoms with van der Waals surface area (Å²) in [5.41, 5.74) is 0.801. The number of nitrogens with zero attached hydrogens (tertiary/aromatic N) is 1. The Kier molecular flexibility index (Phi) is 3.99. The van der Waals surface area contributed by atoms with Crippen LogP contribution in [0, 0.1) is 0 Å². The molecule has 0 radical (unpaired) electrons. The summed E-state index contributed by atoms with van der Waals surface area (Å²) < 4.78 is 5.64. The number of benzene rings is 1. The van der Waals surface area contributed by atoms with E-state index in [-0.39, 0.29) is 12.1 Å². The molecule has 1 aromatic rings. The quantitative estimate of drug-likeness (QED) is 0.633. The first-order chi connectivity index (χ1) is 9.65. The van der Waals surface area contributed by atoms with Gasteiger partial charge in [-0.15, -0.1) is 11.6 Å². The van der Waals surface area contributed by atoms with Gasteiger partial charge in [0.25, 0.3) is 0 Å². The molecule has 2 fully saturated rings. The van der Waals surface area contributed by atoms with Gasteiger partial charge >= 0.3 is 5.97 Å². The molecule has 1 aromatic carbocycles. The van der Waals surface area contributed by atoms with E-state index < -0.39 is 5.38 Å². The molecule has 2 bridgehead atoms. The summed E-state index contributed by atoms with van der Waals surface area (Å²) in [4.78, 5) is 14.6. The van der Waals surface area contributed by atoms with E-state index in [0.29, 0.717) is 12.1 Å². The van der Waals surface area contributed by atoms with Crippen molar-refractivity contribution in [2.24, 2.45) is 0 Å². The topological polar surface area (TPSA) is 29.5 Å². The van der Waals surface area contributed by atoms with Crippen LogP contribution in [0.1, 0.15) is 36.6 Å². The van der Waals surface area contributed by atoms with Gasteiger partial charge in [0.1, 0.15) is 6.10 Å². The van der Waals surface area contributed by atoms with Crippen LogP contribution in [0.5, 0.6) is 0 Å². The lowest BCUT2D eigenvalue weighted by molar-refractivity contribution is -0.152. The number of esters is 1. The molecular formula is C16H20ClNO2. The molecule has 20 heavy (non-hydrogen) atoms. The Morgan fingerprint density at radius 2 is 1.85 bits per heavy atom. The molecule has 0 N–H and O–H groups in total. The predicted molar refractivity (Wildman–Crippen MR) is 78.7 cm³/mol. The zero-order valence-corrected chi connectivity index (χ0v) is 12.4. The molecule has 0 aromatic heterocycles. The fourth-order valence-electron chi connectivity index (χ4n) is 3.44. The zero-order chi connectivity index (χ0) is 14.1. The molecule has 0 aliphatic carbocycles. The molecule has 108 valence electrons. The zero-order valence-electron chi connectivity index (χ0n) is 11.7. The maximum absolute atomic E-state index is 12.2. The highest BCUT2D eigenvalue weighted by molar-refractivity contribution is 6.29.